The Morgan fingerprint density at radius 1 is 1.14 bits per heavy atom. The fraction of sp³-hybridized carbons (Fsp3) is 0.750. The van der Waals surface area contributed by atoms with Crippen molar-refractivity contribution in [2.75, 3.05) is 0 Å². The van der Waals surface area contributed by atoms with E-state index < -0.39 is 22.8 Å². The lowest BCUT2D eigenvalue weighted by atomic mass is 9.68. The largest absolute Gasteiger partial charge is 0.481 e. The maximum absolute atomic E-state index is 11.2. The van der Waals surface area contributed by atoms with Crippen molar-refractivity contribution in [3.05, 3.63) is 4.91 Å². The highest BCUT2D eigenvalue weighted by atomic mass is 16.7. The number of nitrogens with zero attached hydrogens (tertiary/aromatic N) is 1. The third-order valence-corrected chi connectivity index (χ3v) is 2.73. The van der Waals surface area contributed by atoms with Gasteiger partial charge in [-0.2, -0.15) is 0 Å². The summed E-state index contributed by atoms with van der Waals surface area (Å²) in [5, 5.41) is 10.9. The van der Waals surface area contributed by atoms with Crippen molar-refractivity contribution in [3.8, 4) is 0 Å². The average molecular weight is 203 g/mol. The fourth-order valence-electron chi connectivity index (χ4n) is 0.670. The zero-order valence-electron chi connectivity index (χ0n) is 8.53. The predicted octanol–water partition coefficient (Wildman–Crippen LogP) is 1.35. The summed E-state index contributed by atoms with van der Waals surface area (Å²) in [5.74, 6) is -2.11. The van der Waals surface area contributed by atoms with E-state index >= 15 is 0 Å². The van der Waals surface area contributed by atoms with Crippen molar-refractivity contribution in [3.63, 3.8) is 0 Å². The molecule has 0 radical (unpaired) electrons. The summed E-state index contributed by atoms with van der Waals surface area (Å²) in [7, 11) is 0. The van der Waals surface area contributed by atoms with Crippen LogP contribution in [0, 0.1) is 15.7 Å². The summed E-state index contributed by atoms with van der Waals surface area (Å²) in [6.07, 6.45) is 0. The van der Waals surface area contributed by atoms with Gasteiger partial charge in [0.15, 0.2) is 5.34 Å². The summed E-state index contributed by atoms with van der Waals surface area (Å²) in [4.78, 5) is 35.7. The molecule has 0 aliphatic heterocycles. The molecule has 0 aromatic heterocycles. The van der Waals surface area contributed by atoms with Gasteiger partial charge in [0.1, 0.15) is 0 Å². The second-order valence-corrected chi connectivity index (χ2v) is 4.01. The quantitative estimate of drug-likeness (QED) is 0.549. The SMILES string of the molecule is CC(C)(C(=O)O)C(C)(C)C(=O)ON=O. The first-order valence-electron chi connectivity index (χ1n) is 3.95. The number of hydrogen-bond donors (Lipinski definition) is 1. The van der Waals surface area contributed by atoms with Gasteiger partial charge in [0, 0.05) is 0 Å². The highest BCUT2D eigenvalue weighted by Crippen LogP contribution is 2.39. The summed E-state index contributed by atoms with van der Waals surface area (Å²) < 4.78 is 0. The number of carbonyl (C=O) groups is 2. The van der Waals surface area contributed by atoms with E-state index in [1.807, 2.05) is 5.34 Å². The standard InChI is InChI=1S/C8H13NO5/c1-7(2,5(10)11)8(3,4)6(12)14-9-13/h1-4H3,(H,10,11). The Morgan fingerprint density at radius 3 is 1.86 bits per heavy atom. The first-order valence-corrected chi connectivity index (χ1v) is 3.95. The lowest BCUT2D eigenvalue weighted by molar-refractivity contribution is -0.172. The maximum Gasteiger partial charge on any atom is 0.345 e. The maximum atomic E-state index is 11.2. The molecule has 80 valence electrons. The number of carboxylic acids is 1. The first-order chi connectivity index (χ1) is 6.17. The number of carbonyl (C=O) groups excluding carboxylic acids is 1. The van der Waals surface area contributed by atoms with Crippen molar-refractivity contribution in [2.24, 2.45) is 16.2 Å². The topological polar surface area (TPSA) is 93.0 Å². The van der Waals surface area contributed by atoms with E-state index in [2.05, 4.69) is 4.84 Å². The Morgan fingerprint density at radius 2 is 1.57 bits per heavy atom. The van der Waals surface area contributed by atoms with E-state index in [0.29, 0.717) is 0 Å². The Kier molecular flexibility index (Phi) is 3.34. The predicted molar refractivity (Wildman–Crippen MR) is 47.1 cm³/mol. The molecule has 0 aliphatic rings. The lowest BCUT2D eigenvalue weighted by Crippen LogP contribution is -2.45. The van der Waals surface area contributed by atoms with Crippen LogP contribution in [0.3, 0.4) is 0 Å². The number of carboxylic acid groups (broad SMARTS) is 1. The van der Waals surface area contributed by atoms with Crippen LogP contribution in [0.5, 0.6) is 0 Å². The van der Waals surface area contributed by atoms with Crippen molar-refractivity contribution < 1.29 is 19.5 Å². The van der Waals surface area contributed by atoms with E-state index in [4.69, 9.17) is 5.11 Å². The first kappa shape index (κ1) is 12.5. The Labute approximate surface area is 81.2 Å². The summed E-state index contributed by atoms with van der Waals surface area (Å²) in [6, 6.07) is 0. The van der Waals surface area contributed by atoms with Gasteiger partial charge in [0.2, 0.25) is 0 Å². The molecule has 0 spiro atoms. The molecule has 0 aliphatic carbocycles. The third kappa shape index (κ3) is 1.89. The average Bonchev–Trinajstić information content (AvgIpc) is 2.04. The van der Waals surface area contributed by atoms with Crippen molar-refractivity contribution in [1.29, 1.82) is 0 Å². The molecular weight excluding hydrogens is 190 g/mol. The molecule has 0 amide bonds. The monoisotopic (exact) mass is 203 g/mol. The van der Waals surface area contributed by atoms with Gasteiger partial charge >= 0.3 is 11.9 Å². The Bertz CT molecular complexity index is 269. The third-order valence-electron chi connectivity index (χ3n) is 2.73. The molecule has 0 unspecified atom stereocenters. The van der Waals surface area contributed by atoms with Crippen LogP contribution in [0.4, 0.5) is 0 Å². The van der Waals surface area contributed by atoms with Gasteiger partial charge in [0.05, 0.1) is 10.8 Å². The molecule has 0 aromatic rings. The van der Waals surface area contributed by atoms with Crippen LogP contribution in [-0.4, -0.2) is 17.0 Å². The molecule has 6 nitrogen and oxygen atoms in total. The van der Waals surface area contributed by atoms with Crippen molar-refractivity contribution in [2.45, 2.75) is 27.7 Å². The molecule has 14 heavy (non-hydrogen) atoms. The summed E-state index contributed by atoms with van der Waals surface area (Å²) >= 11 is 0. The van der Waals surface area contributed by atoms with E-state index in [0.717, 1.165) is 0 Å². The van der Waals surface area contributed by atoms with Gasteiger partial charge in [-0.25, -0.2) is 4.79 Å². The van der Waals surface area contributed by atoms with Crippen molar-refractivity contribution >= 4 is 11.9 Å². The molecule has 0 atom stereocenters. The van der Waals surface area contributed by atoms with E-state index in [-0.39, 0.29) is 0 Å². The molecule has 6 heteroatoms. The Hall–Kier alpha value is -1.46. The van der Waals surface area contributed by atoms with E-state index in [1.54, 1.807) is 0 Å². The zero-order valence-corrected chi connectivity index (χ0v) is 8.53. The van der Waals surface area contributed by atoms with Gasteiger partial charge < -0.3 is 5.11 Å². The van der Waals surface area contributed by atoms with Gasteiger partial charge in [-0.15, -0.1) is 4.91 Å². The van der Waals surface area contributed by atoms with Gasteiger partial charge in [0.25, 0.3) is 0 Å². The minimum absolute atomic E-state index is 0.958. The molecule has 0 fully saturated rings. The van der Waals surface area contributed by atoms with Crippen molar-refractivity contribution in [1.82, 2.24) is 0 Å². The normalized spacial score (nSPS) is 12.0. The molecule has 0 aromatic carbocycles. The Balaban J connectivity index is 5.02. The van der Waals surface area contributed by atoms with Crippen LogP contribution in [0.1, 0.15) is 27.7 Å². The summed E-state index contributed by atoms with van der Waals surface area (Å²) in [6.45, 7) is 5.52. The smallest absolute Gasteiger partial charge is 0.345 e. The second kappa shape index (κ2) is 3.73. The molecule has 0 saturated carbocycles. The van der Waals surface area contributed by atoms with Crippen LogP contribution in [-0.2, 0) is 14.4 Å². The van der Waals surface area contributed by atoms with Gasteiger partial charge in [-0.3, -0.25) is 9.63 Å². The van der Waals surface area contributed by atoms with Crippen LogP contribution in [0.2, 0.25) is 0 Å². The lowest BCUT2D eigenvalue weighted by Gasteiger charge is -2.34. The number of aliphatic carboxylic acids is 1. The highest BCUT2D eigenvalue weighted by Gasteiger charge is 2.50. The van der Waals surface area contributed by atoms with Gasteiger partial charge in [-0.1, -0.05) is 0 Å². The van der Waals surface area contributed by atoms with Crippen LogP contribution in [0.25, 0.3) is 0 Å². The highest BCUT2D eigenvalue weighted by molar-refractivity contribution is 5.86. The van der Waals surface area contributed by atoms with E-state index in [9.17, 15) is 14.5 Å². The number of rotatable bonds is 4. The van der Waals surface area contributed by atoms with E-state index in [1.165, 1.54) is 27.7 Å². The fourth-order valence-corrected chi connectivity index (χ4v) is 0.670. The molecule has 0 rings (SSSR count). The molecule has 1 N–H and O–H groups in total. The minimum Gasteiger partial charge on any atom is -0.481 e. The minimum atomic E-state index is -1.34. The molecule has 0 saturated heterocycles. The van der Waals surface area contributed by atoms with Gasteiger partial charge in [-0.05, 0) is 27.7 Å². The molecule has 0 heterocycles. The van der Waals surface area contributed by atoms with Crippen LogP contribution in [0.15, 0.2) is 5.34 Å². The van der Waals surface area contributed by atoms with Crippen LogP contribution >= 0.6 is 0 Å². The molecule has 0 bridgehead atoms. The molecular formula is C8H13NO5. The number of hydrogen-bond acceptors (Lipinski definition) is 5. The summed E-state index contributed by atoms with van der Waals surface area (Å²) in [5.41, 5.74) is -2.67. The zero-order chi connectivity index (χ0) is 11.6. The second-order valence-electron chi connectivity index (χ2n) is 4.01. The van der Waals surface area contributed by atoms with Crippen LogP contribution < -0.4 is 0 Å².